The van der Waals surface area contributed by atoms with Crippen LogP contribution in [0.15, 0.2) is 66.7 Å². The number of para-hydroxylation sites is 2. The monoisotopic (exact) mass is 343 g/mol. The molecular weight excluding hydrogens is 322 g/mol. The number of benzene rings is 3. The van der Waals surface area contributed by atoms with Crippen molar-refractivity contribution in [3.63, 3.8) is 0 Å². The molecule has 0 radical (unpaired) electrons. The smallest absolute Gasteiger partial charge is 0.213 e. The highest BCUT2D eigenvalue weighted by molar-refractivity contribution is 6.07. The molecule has 0 unspecified atom stereocenters. The zero-order chi connectivity index (χ0) is 18.1. The summed E-state index contributed by atoms with van der Waals surface area (Å²) in [6.07, 6.45) is 0.482. The van der Waals surface area contributed by atoms with Crippen molar-refractivity contribution in [2.24, 2.45) is 7.05 Å². The predicted octanol–water partition coefficient (Wildman–Crippen LogP) is 3.40. The van der Waals surface area contributed by atoms with Gasteiger partial charge in [-0.15, -0.1) is 6.61 Å². The van der Waals surface area contributed by atoms with Gasteiger partial charge in [0.2, 0.25) is 11.0 Å². The van der Waals surface area contributed by atoms with Crippen LogP contribution in [-0.2, 0) is 13.5 Å². The number of aryl methyl sites for hydroxylation is 1. The first-order valence-electron chi connectivity index (χ1n) is 8.79. The van der Waals surface area contributed by atoms with Crippen LogP contribution in [0.2, 0.25) is 0 Å². The summed E-state index contributed by atoms with van der Waals surface area (Å²) in [7, 11) is 3.75. The van der Waals surface area contributed by atoms with E-state index in [4.69, 9.17) is 4.74 Å². The second-order valence-electron chi connectivity index (χ2n) is 6.45. The molecule has 3 heteroatoms. The summed E-state index contributed by atoms with van der Waals surface area (Å²) in [5.74, 6) is 0.785. The second kappa shape index (κ2) is 6.77. The molecule has 0 saturated carbocycles. The van der Waals surface area contributed by atoms with E-state index in [2.05, 4.69) is 66.2 Å². The van der Waals surface area contributed by atoms with Crippen LogP contribution in [0.5, 0.6) is 5.75 Å². The van der Waals surface area contributed by atoms with Crippen LogP contribution in [-0.4, -0.2) is 13.7 Å². The van der Waals surface area contributed by atoms with Crippen LogP contribution in [0.4, 0.5) is 0 Å². The van der Waals surface area contributed by atoms with Crippen LogP contribution in [0.3, 0.4) is 0 Å². The van der Waals surface area contributed by atoms with Crippen molar-refractivity contribution in [2.45, 2.75) is 6.42 Å². The van der Waals surface area contributed by atoms with Gasteiger partial charge in [0, 0.05) is 17.7 Å². The van der Waals surface area contributed by atoms with Gasteiger partial charge in [-0.2, -0.15) is 4.57 Å². The average Bonchev–Trinajstić information content (AvgIpc) is 2.69. The zero-order valence-electron chi connectivity index (χ0n) is 15.0. The zero-order valence-corrected chi connectivity index (χ0v) is 15.0. The highest BCUT2D eigenvalue weighted by Gasteiger charge is 2.20. The Hall–Kier alpha value is -2.91. The van der Waals surface area contributed by atoms with Gasteiger partial charge < -0.3 is 9.84 Å². The van der Waals surface area contributed by atoms with Crippen LogP contribution in [0.1, 0.15) is 5.56 Å². The molecule has 1 heterocycles. The molecule has 0 fully saturated rings. The molecule has 3 aromatic carbocycles. The van der Waals surface area contributed by atoms with E-state index in [0.717, 1.165) is 16.9 Å². The van der Waals surface area contributed by atoms with Gasteiger partial charge in [0.25, 0.3) is 0 Å². The molecule has 0 atom stereocenters. The van der Waals surface area contributed by atoms with E-state index >= 15 is 0 Å². The number of fused-ring (bicyclic) bond motifs is 2. The van der Waals surface area contributed by atoms with Gasteiger partial charge >= 0.3 is 0 Å². The van der Waals surface area contributed by atoms with Gasteiger partial charge in [0.1, 0.15) is 12.8 Å². The molecule has 0 aliphatic heterocycles. The molecular formula is C23H21NO2. The number of rotatable bonds is 4. The summed E-state index contributed by atoms with van der Waals surface area (Å²) in [5.41, 5.74) is 5.66. The molecule has 0 bridgehead atoms. The van der Waals surface area contributed by atoms with Crippen molar-refractivity contribution in [1.29, 1.82) is 0 Å². The number of pyridine rings is 1. The molecule has 4 rings (SSSR count). The summed E-state index contributed by atoms with van der Waals surface area (Å²) in [6, 6.07) is 22.9. The molecule has 0 aliphatic carbocycles. The molecule has 0 amide bonds. The summed E-state index contributed by atoms with van der Waals surface area (Å²) >= 11 is 0. The number of hydrogen-bond acceptors (Lipinski definition) is 2. The molecule has 26 heavy (non-hydrogen) atoms. The fourth-order valence-electron chi connectivity index (χ4n) is 3.78. The lowest BCUT2D eigenvalue weighted by atomic mass is 9.91. The molecule has 0 aliphatic rings. The topological polar surface area (TPSA) is 36.2 Å². The minimum absolute atomic E-state index is 0.142. The number of ether oxygens (including phenoxy) is 1. The van der Waals surface area contributed by atoms with Crippen LogP contribution in [0.25, 0.3) is 32.9 Å². The van der Waals surface area contributed by atoms with Crippen molar-refractivity contribution in [3.8, 4) is 16.9 Å². The van der Waals surface area contributed by atoms with Gasteiger partial charge in [-0.05, 0) is 41.8 Å². The van der Waals surface area contributed by atoms with Crippen molar-refractivity contribution < 1.29 is 14.4 Å². The minimum Gasteiger partial charge on any atom is -0.854 e. The predicted molar refractivity (Wildman–Crippen MR) is 103 cm³/mol. The van der Waals surface area contributed by atoms with Crippen LogP contribution < -0.4 is 14.4 Å². The lowest BCUT2D eigenvalue weighted by molar-refractivity contribution is -0.617. The Morgan fingerprint density at radius 1 is 0.885 bits per heavy atom. The average molecular weight is 343 g/mol. The maximum Gasteiger partial charge on any atom is 0.213 e. The SMILES string of the molecule is COc1ccc(-c2c3ccccc3[n+](C)c3ccccc23)c(CC[O-])c1. The Bertz CT molecular complexity index is 1050. The second-order valence-corrected chi connectivity index (χ2v) is 6.45. The summed E-state index contributed by atoms with van der Waals surface area (Å²) in [4.78, 5) is 0. The van der Waals surface area contributed by atoms with E-state index in [1.165, 1.54) is 27.4 Å². The van der Waals surface area contributed by atoms with E-state index in [1.54, 1.807) is 7.11 Å². The van der Waals surface area contributed by atoms with E-state index in [9.17, 15) is 5.11 Å². The fourth-order valence-corrected chi connectivity index (χ4v) is 3.78. The molecule has 1 aromatic heterocycles. The van der Waals surface area contributed by atoms with Crippen molar-refractivity contribution in [2.75, 3.05) is 13.7 Å². The molecule has 0 N–H and O–H groups in total. The molecule has 130 valence electrons. The van der Waals surface area contributed by atoms with Crippen molar-refractivity contribution >= 4 is 21.8 Å². The summed E-state index contributed by atoms with van der Waals surface area (Å²) in [6.45, 7) is -0.142. The van der Waals surface area contributed by atoms with E-state index in [0.29, 0.717) is 6.42 Å². The van der Waals surface area contributed by atoms with Gasteiger partial charge in [0.05, 0.1) is 17.9 Å². The number of methoxy groups -OCH3 is 1. The van der Waals surface area contributed by atoms with Gasteiger partial charge in [-0.1, -0.05) is 30.3 Å². The van der Waals surface area contributed by atoms with Gasteiger partial charge in [-0.3, -0.25) is 0 Å². The largest absolute Gasteiger partial charge is 0.854 e. The maximum atomic E-state index is 11.4. The Labute approximate surface area is 153 Å². The Morgan fingerprint density at radius 3 is 2.08 bits per heavy atom. The van der Waals surface area contributed by atoms with Crippen molar-refractivity contribution in [1.82, 2.24) is 0 Å². The number of hydrogen-bond donors (Lipinski definition) is 0. The van der Waals surface area contributed by atoms with Gasteiger partial charge in [0.15, 0.2) is 0 Å². The Kier molecular flexibility index (Phi) is 4.31. The molecule has 0 spiro atoms. The normalized spacial score (nSPS) is 11.2. The lowest BCUT2D eigenvalue weighted by Gasteiger charge is -2.16. The fraction of sp³-hybridized carbons (Fsp3) is 0.174. The highest BCUT2D eigenvalue weighted by atomic mass is 16.5. The third-order valence-electron chi connectivity index (χ3n) is 5.02. The third-order valence-corrected chi connectivity index (χ3v) is 5.02. The number of nitrogens with zero attached hydrogens (tertiary/aromatic N) is 1. The first-order chi connectivity index (χ1) is 12.7. The first-order valence-corrected chi connectivity index (χ1v) is 8.79. The third kappa shape index (κ3) is 2.61. The highest BCUT2D eigenvalue weighted by Crippen LogP contribution is 2.37. The summed E-state index contributed by atoms with van der Waals surface area (Å²) in [5, 5.41) is 13.8. The molecule has 3 nitrogen and oxygen atoms in total. The van der Waals surface area contributed by atoms with Crippen LogP contribution >= 0.6 is 0 Å². The molecule has 0 saturated heterocycles. The quantitative estimate of drug-likeness (QED) is 0.421. The minimum atomic E-state index is -0.142. The maximum absolute atomic E-state index is 11.4. The lowest BCUT2D eigenvalue weighted by Crippen LogP contribution is -2.30. The van der Waals surface area contributed by atoms with Crippen molar-refractivity contribution in [3.05, 3.63) is 72.3 Å². The summed E-state index contributed by atoms with van der Waals surface area (Å²) < 4.78 is 7.61. The van der Waals surface area contributed by atoms with Gasteiger partial charge in [-0.25, -0.2) is 0 Å². The van der Waals surface area contributed by atoms with E-state index in [-0.39, 0.29) is 6.61 Å². The van der Waals surface area contributed by atoms with Crippen LogP contribution in [0, 0.1) is 0 Å². The Morgan fingerprint density at radius 2 is 1.50 bits per heavy atom. The Balaban J connectivity index is 2.15. The standard InChI is InChI=1S/C23H21NO2/c1-24-21-9-5-3-7-19(21)23(20-8-4-6-10-22(20)24)18-12-11-17(26-2)15-16(18)13-14-25/h3-12,15H,13-14H2,1-2H3. The van der Waals surface area contributed by atoms with E-state index < -0.39 is 0 Å². The molecule has 4 aromatic rings. The number of aromatic nitrogens is 1. The van der Waals surface area contributed by atoms with E-state index in [1.807, 2.05) is 12.1 Å². The first kappa shape index (κ1) is 16.6.